The Balaban J connectivity index is 1.74. The normalized spacial score (nSPS) is 14.3. The molecule has 6 nitrogen and oxygen atoms in total. The van der Waals surface area contributed by atoms with Crippen molar-refractivity contribution in [2.75, 3.05) is 11.4 Å². The molecule has 0 N–H and O–H groups in total. The molecule has 1 amide bonds. The van der Waals surface area contributed by atoms with Crippen molar-refractivity contribution in [1.82, 2.24) is 4.98 Å². The minimum Gasteiger partial charge on any atom is -0.283 e. The van der Waals surface area contributed by atoms with Crippen LogP contribution in [0.2, 0.25) is 0 Å². The first-order valence-corrected chi connectivity index (χ1v) is 10.5. The number of nitro groups is 1. The maximum absolute atomic E-state index is 13.0. The first-order valence-electron chi connectivity index (χ1n) is 8.81. The Hall–Kier alpha value is -2.19. The van der Waals surface area contributed by atoms with Gasteiger partial charge in [-0.05, 0) is 44.7 Å². The smallest absolute Gasteiger partial charge is 0.269 e. The number of non-ortho nitro benzene ring substituents is 1. The lowest BCUT2D eigenvalue weighted by Crippen LogP contribution is -2.36. The molecule has 0 radical (unpaired) electrons. The Morgan fingerprint density at radius 2 is 2.11 bits per heavy atom. The summed E-state index contributed by atoms with van der Waals surface area (Å²) in [5.74, 6) is -0.0376. The summed E-state index contributed by atoms with van der Waals surface area (Å²) in [6.45, 7) is 6.03. The van der Waals surface area contributed by atoms with Gasteiger partial charge in [0.15, 0.2) is 5.13 Å². The molecule has 0 saturated heterocycles. The minimum absolute atomic E-state index is 0.0376. The summed E-state index contributed by atoms with van der Waals surface area (Å²) in [4.78, 5) is 31.9. The van der Waals surface area contributed by atoms with Crippen LogP contribution < -0.4 is 4.90 Å². The fourth-order valence-corrected chi connectivity index (χ4v) is 5.06. The Labute approximate surface area is 166 Å². The highest BCUT2D eigenvalue weighted by Crippen LogP contribution is 2.33. The second-order valence-corrected chi connectivity index (χ2v) is 8.80. The van der Waals surface area contributed by atoms with Gasteiger partial charge in [-0.3, -0.25) is 19.8 Å². The van der Waals surface area contributed by atoms with Crippen molar-refractivity contribution >= 4 is 39.8 Å². The van der Waals surface area contributed by atoms with Crippen LogP contribution in [0.1, 0.15) is 30.3 Å². The van der Waals surface area contributed by atoms with Gasteiger partial charge in [-0.2, -0.15) is 0 Å². The van der Waals surface area contributed by atoms with Crippen molar-refractivity contribution in [1.29, 1.82) is 0 Å². The topological polar surface area (TPSA) is 76.3 Å². The van der Waals surface area contributed by atoms with E-state index in [0.29, 0.717) is 6.54 Å². The lowest BCUT2D eigenvalue weighted by atomic mass is 10.0. The second-order valence-electron chi connectivity index (χ2n) is 6.32. The third kappa shape index (κ3) is 4.56. The highest BCUT2D eigenvalue weighted by Gasteiger charge is 2.26. The first kappa shape index (κ1) is 19.6. The first-order chi connectivity index (χ1) is 13.0. The third-order valence-corrected chi connectivity index (χ3v) is 6.63. The molecule has 0 aliphatic heterocycles. The van der Waals surface area contributed by atoms with Gasteiger partial charge in [-0.15, -0.1) is 29.7 Å². The molecule has 1 heterocycles. The highest BCUT2D eigenvalue weighted by molar-refractivity contribution is 8.00. The molecule has 3 rings (SSSR count). The number of nitrogens with zero attached hydrogens (tertiary/aromatic N) is 3. The van der Waals surface area contributed by atoms with E-state index in [4.69, 9.17) is 4.98 Å². The molecule has 0 fully saturated rings. The number of carbonyl (C=O) groups excluding carboxylic acids is 1. The summed E-state index contributed by atoms with van der Waals surface area (Å²) < 4.78 is 0. The minimum atomic E-state index is -0.431. The van der Waals surface area contributed by atoms with Gasteiger partial charge in [0.25, 0.3) is 5.69 Å². The van der Waals surface area contributed by atoms with Crippen molar-refractivity contribution < 1.29 is 9.72 Å². The highest BCUT2D eigenvalue weighted by atomic mass is 32.2. The zero-order valence-electron chi connectivity index (χ0n) is 15.1. The molecule has 0 bridgehead atoms. The zero-order chi connectivity index (χ0) is 19.4. The Kier molecular flexibility index (Phi) is 6.28. The largest absolute Gasteiger partial charge is 0.283 e. The monoisotopic (exact) mass is 403 g/mol. The molecular formula is C19H21N3O3S2. The zero-order valence-corrected chi connectivity index (χ0v) is 16.7. The number of thioether (sulfide) groups is 1. The number of hydrogen-bond acceptors (Lipinski definition) is 6. The van der Waals surface area contributed by atoms with E-state index in [1.54, 1.807) is 34.4 Å². The van der Waals surface area contributed by atoms with Crippen LogP contribution in [0.5, 0.6) is 0 Å². The van der Waals surface area contributed by atoms with Crippen molar-refractivity contribution in [3.05, 3.63) is 57.6 Å². The van der Waals surface area contributed by atoms with Crippen LogP contribution in [-0.4, -0.2) is 27.6 Å². The predicted octanol–water partition coefficient (Wildman–Crippen LogP) is 4.63. The quantitative estimate of drug-likeness (QED) is 0.292. The van der Waals surface area contributed by atoms with Gasteiger partial charge < -0.3 is 0 Å². The summed E-state index contributed by atoms with van der Waals surface area (Å²) in [6, 6.07) is 6.25. The van der Waals surface area contributed by atoms with Crippen molar-refractivity contribution in [3.63, 3.8) is 0 Å². The van der Waals surface area contributed by atoms with Crippen LogP contribution in [0.3, 0.4) is 0 Å². The number of aromatic nitrogens is 1. The van der Waals surface area contributed by atoms with Gasteiger partial charge in [-0.1, -0.05) is 6.08 Å². The van der Waals surface area contributed by atoms with E-state index < -0.39 is 4.92 Å². The maximum Gasteiger partial charge on any atom is 0.269 e. The van der Waals surface area contributed by atoms with Crippen molar-refractivity contribution in [2.45, 2.75) is 42.8 Å². The summed E-state index contributed by atoms with van der Waals surface area (Å²) in [5, 5.41) is 11.2. The Morgan fingerprint density at radius 1 is 1.41 bits per heavy atom. The van der Waals surface area contributed by atoms with E-state index >= 15 is 0 Å². The number of benzene rings is 1. The molecule has 1 aliphatic carbocycles. The van der Waals surface area contributed by atoms with Crippen LogP contribution in [0.15, 0.2) is 41.8 Å². The molecule has 1 aromatic carbocycles. The average molecular weight is 404 g/mol. The van der Waals surface area contributed by atoms with Crippen LogP contribution in [-0.2, 0) is 17.6 Å². The van der Waals surface area contributed by atoms with E-state index in [9.17, 15) is 14.9 Å². The fourth-order valence-electron chi connectivity index (χ4n) is 2.97. The average Bonchev–Trinajstić information content (AvgIpc) is 3.09. The molecule has 142 valence electrons. The van der Waals surface area contributed by atoms with Crippen LogP contribution in [0, 0.1) is 10.1 Å². The molecule has 8 heteroatoms. The van der Waals surface area contributed by atoms with Gasteiger partial charge in [0.05, 0.1) is 15.9 Å². The van der Waals surface area contributed by atoms with Gasteiger partial charge in [0.2, 0.25) is 5.91 Å². The Morgan fingerprint density at radius 3 is 2.74 bits per heavy atom. The number of thiazole rings is 1. The lowest BCUT2D eigenvalue weighted by molar-refractivity contribution is -0.384. The lowest BCUT2D eigenvalue weighted by Gasteiger charge is -2.22. The standard InChI is InChI=1S/C19H21N3O3S2/c1-3-12-21(19-20-16-6-4-5-7-17(16)27-19)18(23)13(2)26-15-10-8-14(9-11-15)22(24)25/h3,8-11,13H,1,4-7,12H2,2H3. The SMILES string of the molecule is C=CCN(C(=O)C(C)Sc1ccc([N+](=O)[O-])cc1)c1nc2c(s1)CCCC2. The van der Waals surface area contributed by atoms with Gasteiger partial charge in [0, 0.05) is 28.5 Å². The van der Waals surface area contributed by atoms with Crippen LogP contribution >= 0.6 is 23.1 Å². The maximum atomic E-state index is 13.0. The summed E-state index contributed by atoms with van der Waals surface area (Å²) in [5.41, 5.74) is 1.17. The molecule has 1 atom stereocenters. The number of hydrogen-bond donors (Lipinski definition) is 0. The fraction of sp³-hybridized carbons (Fsp3) is 0.368. The van der Waals surface area contributed by atoms with Crippen molar-refractivity contribution in [2.24, 2.45) is 0 Å². The Bertz CT molecular complexity index is 825. The third-order valence-electron chi connectivity index (χ3n) is 4.35. The molecule has 0 saturated carbocycles. The molecule has 27 heavy (non-hydrogen) atoms. The number of nitro benzene ring substituents is 1. The van der Waals surface area contributed by atoms with E-state index in [2.05, 4.69) is 6.58 Å². The van der Waals surface area contributed by atoms with E-state index in [0.717, 1.165) is 35.0 Å². The molecule has 1 aliphatic rings. The van der Waals surface area contributed by atoms with Gasteiger partial charge in [0.1, 0.15) is 0 Å². The number of fused-ring (bicyclic) bond motifs is 1. The number of anilines is 1. The molecular weight excluding hydrogens is 382 g/mol. The number of carbonyl (C=O) groups is 1. The number of aryl methyl sites for hydroxylation is 2. The summed E-state index contributed by atoms with van der Waals surface area (Å²) >= 11 is 2.99. The van der Waals surface area contributed by atoms with Crippen molar-refractivity contribution in [3.8, 4) is 0 Å². The second kappa shape index (κ2) is 8.67. The van der Waals surface area contributed by atoms with Crippen LogP contribution in [0.4, 0.5) is 10.8 Å². The van der Waals surface area contributed by atoms with Gasteiger partial charge in [-0.25, -0.2) is 4.98 Å². The van der Waals surface area contributed by atoms with Gasteiger partial charge >= 0.3 is 0 Å². The molecule has 1 aromatic heterocycles. The summed E-state index contributed by atoms with van der Waals surface area (Å²) in [7, 11) is 0. The van der Waals surface area contributed by atoms with E-state index in [-0.39, 0.29) is 16.8 Å². The molecule has 2 aromatic rings. The summed E-state index contributed by atoms with van der Waals surface area (Å²) in [6.07, 6.45) is 6.06. The number of rotatable bonds is 7. The number of amides is 1. The van der Waals surface area contributed by atoms with Crippen LogP contribution in [0.25, 0.3) is 0 Å². The molecule has 0 spiro atoms. The van der Waals surface area contributed by atoms with E-state index in [1.165, 1.54) is 35.2 Å². The molecule has 1 unspecified atom stereocenters. The predicted molar refractivity (Wildman–Crippen MR) is 110 cm³/mol. The van der Waals surface area contributed by atoms with E-state index in [1.807, 2.05) is 6.92 Å².